The lowest BCUT2D eigenvalue weighted by Gasteiger charge is -2.25. The van der Waals surface area contributed by atoms with Crippen LogP contribution in [0.25, 0.3) is 11.1 Å². The number of aromatic amines is 1. The third kappa shape index (κ3) is 2.56. The predicted octanol–water partition coefficient (Wildman–Crippen LogP) is 2.81. The molecule has 0 aliphatic carbocycles. The molecule has 0 radical (unpaired) electrons. The number of carbonyl (C=O) groups is 1. The van der Waals surface area contributed by atoms with E-state index >= 15 is 0 Å². The number of rotatable bonds is 3. The van der Waals surface area contributed by atoms with E-state index in [0.29, 0.717) is 17.9 Å². The lowest BCUT2D eigenvalue weighted by atomic mass is 10.0. The molecule has 3 aromatic rings. The highest BCUT2D eigenvalue weighted by molar-refractivity contribution is 6.06. The summed E-state index contributed by atoms with van der Waals surface area (Å²) in [6, 6.07) is 7.70. The molecular weight excluding hydrogens is 334 g/mol. The maximum absolute atomic E-state index is 13.3. The molecule has 0 saturated carbocycles. The van der Waals surface area contributed by atoms with E-state index in [0.717, 1.165) is 24.2 Å². The van der Waals surface area contributed by atoms with Gasteiger partial charge in [0, 0.05) is 6.54 Å². The number of H-pyrrole nitrogens is 1. The summed E-state index contributed by atoms with van der Waals surface area (Å²) in [5, 5.41) is 0.218. The van der Waals surface area contributed by atoms with Crippen LogP contribution in [0.2, 0.25) is 0 Å². The summed E-state index contributed by atoms with van der Waals surface area (Å²) in [4.78, 5) is 33.8. The average Bonchev–Trinajstić information content (AvgIpc) is 3.26. The number of aromatic nitrogens is 2. The standard InChI is InChI=1S/C19H19N3O4/c1-11-15(16-17(23)20-10-21-18(16)26-11)19(24)22-9-3-4-14(22)12-5-7-13(25-2)8-6-12/h5-8,10,14H,3-4,9H2,1-2H3,(H,20,21,23)/t14-/m0/s1. The molecule has 1 N–H and O–H groups in total. The van der Waals surface area contributed by atoms with Crippen LogP contribution in [-0.4, -0.2) is 34.4 Å². The van der Waals surface area contributed by atoms with Crippen molar-refractivity contribution in [2.24, 2.45) is 0 Å². The van der Waals surface area contributed by atoms with Gasteiger partial charge in [0.2, 0.25) is 5.71 Å². The summed E-state index contributed by atoms with van der Waals surface area (Å²) in [5.41, 5.74) is 1.18. The van der Waals surface area contributed by atoms with Gasteiger partial charge in [0.05, 0.1) is 25.0 Å². The molecule has 1 atom stereocenters. The number of amides is 1. The van der Waals surface area contributed by atoms with E-state index in [-0.39, 0.29) is 28.6 Å². The fourth-order valence-electron chi connectivity index (χ4n) is 3.64. The molecule has 7 heteroatoms. The molecule has 26 heavy (non-hydrogen) atoms. The molecule has 1 saturated heterocycles. The van der Waals surface area contributed by atoms with Crippen molar-refractivity contribution in [2.45, 2.75) is 25.8 Å². The van der Waals surface area contributed by atoms with Crippen molar-refractivity contribution in [1.82, 2.24) is 14.9 Å². The Kier molecular flexibility index (Phi) is 3.99. The van der Waals surface area contributed by atoms with Crippen LogP contribution in [-0.2, 0) is 0 Å². The Bertz CT molecular complexity index is 1020. The van der Waals surface area contributed by atoms with E-state index in [9.17, 15) is 9.59 Å². The minimum Gasteiger partial charge on any atom is -0.497 e. The van der Waals surface area contributed by atoms with Gasteiger partial charge in [-0.3, -0.25) is 9.59 Å². The fourth-order valence-corrected chi connectivity index (χ4v) is 3.64. The molecule has 1 amide bonds. The molecule has 0 bridgehead atoms. The molecule has 1 aromatic carbocycles. The summed E-state index contributed by atoms with van der Waals surface area (Å²) < 4.78 is 10.7. The van der Waals surface area contributed by atoms with E-state index in [1.165, 1.54) is 6.33 Å². The zero-order chi connectivity index (χ0) is 18.3. The molecular formula is C19H19N3O4. The molecule has 7 nitrogen and oxygen atoms in total. The molecule has 3 heterocycles. The van der Waals surface area contributed by atoms with Gasteiger partial charge in [0.15, 0.2) is 0 Å². The number of nitrogens with zero attached hydrogens (tertiary/aromatic N) is 2. The normalized spacial score (nSPS) is 17.0. The SMILES string of the molecule is COc1ccc([C@@H]2CCCN2C(=O)c2c(C)oc3nc[nH]c(=O)c23)cc1. The lowest BCUT2D eigenvalue weighted by molar-refractivity contribution is 0.0735. The van der Waals surface area contributed by atoms with Gasteiger partial charge in [-0.1, -0.05) is 12.1 Å². The first kappa shape index (κ1) is 16.4. The number of ether oxygens (including phenoxy) is 1. The summed E-state index contributed by atoms with van der Waals surface area (Å²) >= 11 is 0. The maximum Gasteiger partial charge on any atom is 0.262 e. The highest BCUT2D eigenvalue weighted by Gasteiger charge is 2.34. The van der Waals surface area contributed by atoms with E-state index in [1.807, 2.05) is 29.2 Å². The Morgan fingerprint density at radius 1 is 1.35 bits per heavy atom. The van der Waals surface area contributed by atoms with Crippen LogP contribution < -0.4 is 10.3 Å². The van der Waals surface area contributed by atoms with Crippen molar-refractivity contribution in [1.29, 1.82) is 0 Å². The summed E-state index contributed by atoms with van der Waals surface area (Å²) in [7, 11) is 1.62. The Morgan fingerprint density at radius 2 is 2.12 bits per heavy atom. The number of hydrogen-bond acceptors (Lipinski definition) is 5. The van der Waals surface area contributed by atoms with Crippen LogP contribution in [0, 0.1) is 6.92 Å². The molecule has 1 fully saturated rings. The van der Waals surface area contributed by atoms with Crippen molar-refractivity contribution in [2.75, 3.05) is 13.7 Å². The molecule has 1 aliphatic rings. The number of likely N-dealkylation sites (tertiary alicyclic amines) is 1. The average molecular weight is 353 g/mol. The number of methoxy groups -OCH3 is 1. The van der Waals surface area contributed by atoms with Crippen LogP contribution in [0.5, 0.6) is 5.75 Å². The number of aryl methyl sites for hydroxylation is 1. The Morgan fingerprint density at radius 3 is 2.85 bits per heavy atom. The van der Waals surface area contributed by atoms with Gasteiger partial charge in [0.25, 0.3) is 11.5 Å². The van der Waals surface area contributed by atoms with Gasteiger partial charge in [-0.2, -0.15) is 0 Å². The third-order valence-corrected chi connectivity index (χ3v) is 4.90. The van der Waals surface area contributed by atoms with Crippen molar-refractivity contribution in [3.05, 3.63) is 57.8 Å². The summed E-state index contributed by atoms with van der Waals surface area (Å²) in [6.45, 7) is 2.33. The topological polar surface area (TPSA) is 88.4 Å². The number of carbonyl (C=O) groups excluding carboxylic acids is 1. The number of benzene rings is 1. The maximum atomic E-state index is 13.3. The van der Waals surface area contributed by atoms with Crippen molar-refractivity contribution >= 4 is 17.0 Å². The predicted molar refractivity (Wildman–Crippen MR) is 95.4 cm³/mol. The minimum atomic E-state index is -0.365. The molecule has 1 aliphatic heterocycles. The van der Waals surface area contributed by atoms with E-state index in [1.54, 1.807) is 14.0 Å². The van der Waals surface area contributed by atoms with Crippen molar-refractivity contribution < 1.29 is 13.9 Å². The molecule has 2 aromatic heterocycles. The lowest BCUT2D eigenvalue weighted by Crippen LogP contribution is -2.31. The minimum absolute atomic E-state index is 0.0338. The van der Waals surface area contributed by atoms with Gasteiger partial charge in [-0.15, -0.1) is 0 Å². The van der Waals surface area contributed by atoms with Crippen LogP contribution in [0.4, 0.5) is 0 Å². The van der Waals surface area contributed by atoms with Gasteiger partial charge in [-0.25, -0.2) is 4.98 Å². The zero-order valence-corrected chi connectivity index (χ0v) is 14.6. The summed E-state index contributed by atoms with van der Waals surface area (Å²) in [5.74, 6) is 0.992. The number of furan rings is 1. The smallest absolute Gasteiger partial charge is 0.262 e. The second-order valence-electron chi connectivity index (χ2n) is 6.37. The highest BCUT2D eigenvalue weighted by atomic mass is 16.5. The largest absolute Gasteiger partial charge is 0.497 e. The number of hydrogen-bond donors (Lipinski definition) is 1. The first-order valence-electron chi connectivity index (χ1n) is 8.52. The van der Waals surface area contributed by atoms with E-state index in [2.05, 4.69) is 9.97 Å². The molecule has 0 unspecified atom stereocenters. The van der Waals surface area contributed by atoms with Crippen molar-refractivity contribution in [3.63, 3.8) is 0 Å². The second-order valence-corrected chi connectivity index (χ2v) is 6.37. The molecule has 0 spiro atoms. The first-order chi connectivity index (χ1) is 12.6. The van der Waals surface area contributed by atoms with Gasteiger partial charge in [0.1, 0.15) is 16.9 Å². The zero-order valence-electron chi connectivity index (χ0n) is 14.6. The monoisotopic (exact) mass is 353 g/mol. The Labute approximate surface area is 149 Å². The number of fused-ring (bicyclic) bond motifs is 1. The van der Waals surface area contributed by atoms with E-state index in [4.69, 9.17) is 9.15 Å². The van der Waals surface area contributed by atoms with Crippen LogP contribution in [0.3, 0.4) is 0 Å². The molecule has 134 valence electrons. The van der Waals surface area contributed by atoms with Crippen molar-refractivity contribution in [3.8, 4) is 5.75 Å². The first-order valence-corrected chi connectivity index (χ1v) is 8.52. The Balaban J connectivity index is 1.73. The fraction of sp³-hybridized carbons (Fsp3) is 0.316. The number of nitrogens with one attached hydrogen (secondary N) is 1. The Hall–Kier alpha value is -3.09. The van der Waals surface area contributed by atoms with Gasteiger partial charge < -0.3 is 19.0 Å². The van der Waals surface area contributed by atoms with Gasteiger partial charge in [-0.05, 0) is 37.5 Å². The quantitative estimate of drug-likeness (QED) is 0.782. The second kappa shape index (κ2) is 6.33. The molecule has 4 rings (SSSR count). The van der Waals surface area contributed by atoms with Crippen LogP contribution >= 0.6 is 0 Å². The van der Waals surface area contributed by atoms with Gasteiger partial charge >= 0.3 is 0 Å². The van der Waals surface area contributed by atoms with E-state index < -0.39 is 0 Å². The summed E-state index contributed by atoms with van der Waals surface area (Å²) in [6.07, 6.45) is 3.06. The highest BCUT2D eigenvalue weighted by Crippen LogP contribution is 2.35. The third-order valence-electron chi connectivity index (χ3n) is 4.90. The van der Waals surface area contributed by atoms with Crippen LogP contribution in [0.1, 0.15) is 40.6 Å². The van der Waals surface area contributed by atoms with Crippen LogP contribution in [0.15, 0.2) is 39.8 Å².